The summed E-state index contributed by atoms with van der Waals surface area (Å²) in [5.74, 6) is 1.81. The second-order valence-corrected chi connectivity index (χ2v) is 9.30. The van der Waals surface area contributed by atoms with Crippen LogP contribution in [-0.2, 0) is 9.84 Å². The molecule has 0 bridgehead atoms. The van der Waals surface area contributed by atoms with Crippen molar-refractivity contribution in [1.29, 1.82) is 0 Å². The molecular weight excluding hydrogens is 479 g/mol. The number of sulfone groups is 1. The van der Waals surface area contributed by atoms with Gasteiger partial charge in [0.05, 0.1) is 18.1 Å². The van der Waals surface area contributed by atoms with Gasteiger partial charge >= 0.3 is 0 Å². The van der Waals surface area contributed by atoms with Crippen LogP contribution in [0, 0.1) is 0 Å². The van der Waals surface area contributed by atoms with Gasteiger partial charge in [-0.05, 0) is 51.4 Å². The zero-order valence-electron chi connectivity index (χ0n) is 16.5. The Kier molecular flexibility index (Phi) is 10.7. The molecule has 1 aliphatic heterocycles. The van der Waals surface area contributed by atoms with Crippen molar-refractivity contribution in [2.24, 2.45) is 4.99 Å². The Balaban J connectivity index is 0.00000364. The minimum Gasteiger partial charge on any atom is -0.468 e. The van der Waals surface area contributed by atoms with Gasteiger partial charge in [-0.15, -0.1) is 24.0 Å². The second kappa shape index (κ2) is 11.9. The molecule has 2 N–H and O–H groups in total. The van der Waals surface area contributed by atoms with E-state index in [0.29, 0.717) is 18.9 Å². The number of guanidine groups is 1. The number of aliphatic imine (C=N–C) groups is 1. The normalized spacial score (nSPS) is 18.4. The van der Waals surface area contributed by atoms with Crippen molar-refractivity contribution in [3.8, 4) is 0 Å². The Bertz CT molecular complexity index is 658. The second-order valence-electron chi connectivity index (χ2n) is 7.04. The summed E-state index contributed by atoms with van der Waals surface area (Å²) in [7, 11) is -1.23. The highest BCUT2D eigenvalue weighted by atomic mass is 127. The van der Waals surface area contributed by atoms with Crippen LogP contribution in [0.1, 0.15) is 44.4 Å². The number of furan rings is 1. The molecule has 27 heavy (non-hydrogen) atoms. The van der Waals surface area contributed by atoms with Crippen molar-refractivity contribution in [3.05, 3.63) is 24.2 Å². The lowest BCUT2D eigenvalue weighted by atomic mass is 10.1. The van der Waals surface area contributed by atoms with Gasteiger partial charge in [-0.25, -0.2) is 8.42 Å². The van der Waals surface area contributed by atoms with Gasteiger partial charge in [0.1, 0.15) is 15.6 Å². The minimum absolute atomic E-state index is 0. The SMILES string of the molecule is CN=C(NCC(c1ccco1)N1CCCCC1)NC(C)CCS(C)(=O)=O.I. The number of piperidine rings is 1. The molecular formula is C18H33IN4O3S. The van der Waals surface area contributed by atoms with Crippen LogP contribution >= 0.6 is 24.0 Å². The summed E-state index contributed by atoms with van der Waals surface area (Å²) in [6.07, 6.45) is 7.24. The molecule has 156 valence electrons. The van der Waals surface area contributed by atoms with Crippen molar-refractivity contribution in [3.63, 3.8) is 0 Å². The zero-order valence-corrected chi connectivity index (χ0v) is 19.6. The van der Waals surface area contributed by atoms with Gasteiger partial charge in [0, 0.05) is 25.9 Å². The number of likely N-dealkylation sites (tertiary alicyclic amines) is 1. The third kappa shape index (κ3) is 8.82. The van der Waals surface area contributed by atoms with Crippen LogP contribution in [0.2, 0.25) is 0 Å². The molecule has 2 unspecified atom stereocenters. The number of hydrogen-bond donors (Lipinski definition) is 2. The number of nitrogens with zero attached hydrogens (tertiary/aromatic N) is 2. The van der Waals surface area contributed by atoms with Gasteiger partial charge in [0.25, 0.3) is 0 Å². The van der Waals surface area contributed by atoms with E-state index in [1.54, 1.807) is 13.3 Å². The highest BCUT2D eigenvalue weighted by molar-refractivity contribution is 14.0. The van der Waals surface area contributed by atoms with Crippen molar-refractivity contribution in [2.75, 3.05) is 38.7 Å². The van der Waals surface area contributed by atoms with E-state index in [-0.39, 0.29) is 41.8 Å². The largest absolute Gasteiger partial charge is 0.468 e. The Hall–Kier alpha value is -0.810. The van der Waals surface area contributed by atoms with Gasteiger partial charge < -0.3 is 15.1 Å². The fraction of sp³-hybridized carbons (Fsp3) is 0.722. The summed E-state index contributed by atoms with van der Waals surface area (Å²) in [5, 5.41) is 6.64. The van der Waals surface area contributed by atoms with Gasteiger partial charge in [-0.2, -0.15) is 0 Å². The molecule has 2 rings (SSSR count). The molecule has 0 radical (unpaired) electrons. The fourth-order valence-corrected chi connectivity index (χ4v) is 3.99. The predicted octanol–water partition coefficient (Wildman–Crippen LogP) is 2.41. The smallest absolute Gasteiger partial charge is 0.191 e. The van der Waals surface area contributed by atoms with E-state index in [0.717, 1.165) is 18.8 Å². The maximum absolute atomic E-state index is 11.3. The monoisotopic (exact) mass is 512 g/mol. The molecule has 0 aromatic carbocycles. The van der Waals surface area contributed by atoms with Gasteiger partial charge in [0.15, 0.2) is 5.96 Å². The summed E-state index contributed by atoms with van der Waals surface area (Å²) in [6.45, 7) is 4.80. The van der Waals surface area contributed by atoms with Gasteiger partial charge in [0.2, 0.25) is 0 Å². The van der Waals surface area contributed by atoms with E-state index in [2.05, 4.69) is 20.5 Å². The standard InChI is InChI=1S/C18H32N4O3S.HI/c1-15(9-13-26(3,23)24)21-18(19-2)20-14-16(17-8-7-12-25-17)22-10-5-4-6-11-22;/h7-8,12,15-16H,4-6,9-11,13-14H2,1-3H3,(H2,19,20,21);1H. The fourth-order valence-electron chi connectivity index (χ4n) is 3.20. The molecule has 1 saturated heterocycles. The predicted molar refractivity (Wildman–Crippen MR) is 121 cm³/mol. The molecule has 0 saturated carbocycles. The summed E-state index contributed by atoms with van der Waals surface area (Å²) in [5.41, 5.74) is 0. The van der Waals surface area contributed by atoms with Gasteiger partial charge in [-0.3, -0.25) is 9.89 Å². The first-order valence-corrected chi connectivity index (χ1v) is 11.4. The van der Waals surface area contributed by atoms with E-state index in [1.165, 1.54) is 25.5 Å². The van der Waals surface area contributed by atoms with Crippen LogP contribution in [0.4, 0.5) is 0 Å². The Morgan fingerprint density at radius 1 is 1.33 bits per heavy atom. The average molecular weight is 512 g/mol. The van der Waals surface area contributed by atoms with E-state index in [4.69, 9.17) is 4.42 Å². The van der Waals surface area contributed by atoms with E-state index in [9.17, 15) is 8.42 Å². The number of nitrogens with one attached hydrogen (secondary N) is 2. The highest BCUT2D eigenvalue weighted by Gasteiger charge is 2.24. The van der Waals surface area contributed by atoms with Crippen LogP contribution in [0.5, 0.6) is 0 Å². The zero-order chi connectivity index (χ0) is 19.0. The van der Waals surface area contributed by atoms with Crippen LogP contribution in [0.3, 0.4) is 0 Å². The number of hydrogen-bond acceptors (Lipinski definition) is 5. The molecule has 1 aromatic heterocycles. The summed E-state index contributed by atoms with van der Waals surface area (Å²) in [4.78, 5) is 6.72. The molecule has 0 spiro atoms. The molecule has 2 heterocycles. The molecule has 0 amide bonds. The van der Waals surface area contributed by atoms with Crippen LogP contribution in [0.15, 0.2) is 27.8 Å². The molecule has 1 fully saturated rings. The molecule has 1 aliphatic rings. The number of halogens is 1. The maximum Gasteiger partial charge on any atom is 0.191 e. The Morgan fingerprint density at radius 2 is 2.04 bits per heavy atom. The lowest BCUT2D eigenvalue weighted by Gasteiger charge is -2.34. The number of rotatable bonds is 8. The molecule has 0 aliphatic carbocycles. The van der Waals surface area contributed by atoms with Crippen molar-refractivity contribution >= 4 is 39.8 Å². The summed E-state index contributed by atoms with van der Waals surface area (Å²) < 4.78 is 28.3. The Morgan fingerprint density at radius 3 is 2.59 bits per heavy atom. The minimum atomic E-state index is -2.95. The van der Waals surface area contributed by atoms with Crippen LogP contribution in [-0.4, -0.2) is 64.0 Å². The quantitative estimate of drug-likeness (QED) is 0.316. The summed E-state index contributed by atoms with van der Waals surface area (Å²) in [6, 6.07) is 4.13. The summed E-state index contributed by atoms with van der Waals surface area (Å²) >= 11 is 0. The first-order chi connectivity index (χ1) is 12.4. The molecule has 9 heteroatoms. The van der Waals surface area contributed by atoms with Crippen molar-refractivity contribution in [1.82, 2.24) is 15.5 Å². The van der Waals surface area contributed by atoms with Gasteiger partial charge in [-0.1, -0.05) is 6.42 Å². The molecule has 7 nitrogen and oxygen atoms in total. The van der Waals surface area contributed by atoms with E-state index >= 15 is 0 Å². The third-order valence-corrected chi connectivity index (χ3v) is 5.67. The lowest BCUT2D eigenvalue weighted by Crippen LogP contribution is -2.46. The molecule has 1 aromatic rings. The highest BCUT2D eigenvalue weighted by Crippen LogP contribution is 2.24. The van der Waals surface area contributed by atoms with Crippen molar-refractivity contribution in [2.45, 2.75) is 44.7 Å². The van der Waals surface area contributed by atoms with Crippen molar-refractivity contribution < 1.29 is 12.8 Å². The van der Waals surface area contributed by atoms with E-state index < -0.39 is 9.84 Å². The topological polar surface area (TPSA) is 86.9 Å². The molecule has 2 atom stereocenters. The Labute approximate surface area is 180 Å². The average Bonchev–Trinajstić information content (AvgIpc) is 3.14. The maximum atomic E-state index is 11.3. The van der Waals surface area contributed by atoms with Crippen LogP contribution in [0.25, 0.3) is 0 Å². The van der Waals surface area contributed by atoms with Crippen LogP contribution < -0.4 is 10.6 Å². The van der Waals surface area contributed by atoms with E-state index in [1.807, 2.05) is 19.1 Å². The first kappa shape index (κ1) is 24.2. The first-order valence-electron chi connectivity index (χ1n) is 9.31. The third-order valence-electron chi connectivity index (χ3n) is 4.69. The lowest BCUT2D eigenvalue weighted by molar-refractivity contribution is 0.146.